The van der Waals surface area contributed by atoms with Crippen molar-refractivity contribution in [2.75, 3.05) is 5.32 Å². The summed E-state index contributed by atoms with van der Waals surface area (Å²) in [5.74, 6) is 0.0959. The van der Waals surface area contributed by atoms with E-state index in [0.29, 0.717) is 16.4 Å². The minimum atomic E-state index is -0.285. The first-order valence-corrected chi connectivity index (χ1v) is 10.2. The first-order chi connectivity index (χ1) is 13.5. The lowest BCUT2D eigenvalue weighted by Crippen LogP contribution is -2.13. The van der Waals surface area contributed by atoms with E-state index in [1.807, 2.05) is 19.3 Å². The summed E-state index contributed by atoms with van der Waals surface area (Å²) in [4.78, 5) is 22.7. The zero-order valence-electron chi connectivity index (χ0n) is 15.8. The number of nitrogens with zero attached hydrogens (tertiary/aromatic N) is 4. The third-order valence-electron chi connectivity index (χ3n) is 4.02. The molecule has 0 aliphatic carbocycles. The van der Waals surface area contributed by atoms with Gasteiger partial charge in [0.25, 0.3) is 5.91 Å². The van der Waals surface area contributed by atoms with Crippen molar-refractivity contribution in [1.29, 1.82) is 0 Å². The Balaban J connectivity index is 1.84. The Hall–Kier alpha value is -2.84. The van der Waals surface area contributed by atoms with E-state index in [0.717, 1.165) is 38.8 Å². The van der Waals surface area contributed by atoms with Crippen molar-refractivity contribution < 1.29 is 4.79 Å². The molecule has 1 N–H and O–H groups in total. The molecule has 28 heavy (non-hydrogen) atoms. The summed E-state index contributed by atoms with van der Waals surface area (Å²) in [6.45, 7) is 9.57. The predicted octanol–water partition coefficient (Wildman–Crippen LogP) is 5.10. The number of aryl methyl sites for hydroxylation is 2. The normalized spacial score (nSPS) is 11.3. The van der Waals surface area contributed by atoms with Crippen LogP contribution in [0.2, 0.25) is 0 Å². The van der Waals surface area contributed by atoms with Gasteiger partial charge in [0.1, 0.15) is 4.88 Å². The van der Waals surface area contributed by atoms with E-state index in [1.54, 1.807) is 31.1 Å². The molecule has 6 nitrogen and oxygen atoms in total. The fourth-order valence-corrected chi connectivity index (χ4v) is 3.72. The fourth-order valence-electron chi connectivity index (χ4n) is 2.59. The SMILES string of the molecule is C=CS/C(=C\C)c1ccc(C)c(-c2cnc(NC(=O)c3snnc3C)cn2)c1. The van der Waals surface area contributed by atoms with E-state index in [9.17, 15) is 4.79 Å². The van der Waals surface area contributed by atoms with Crippen LogP contribution in [0.4, 0.5) is 5.82 Å². The van der Waals surface area contributed by atoms with Gasteiger partial charge in [-0.15, -0.1) is 5.10 Å². The minimum absolute atomic E-state index is 0.285. The average molecular weight is 410 g/mol. The number of allylic oxidation sites excluding steroid dienone is 1. The molecule has 142 valence electrons. The zero-order chi connectivity index (χ0) is 20.1. The number of hydrogen-bond donors (Lipinski definition) is 1. The van der Waals surface area contributed by atoms with Gasteiger partial charge in [-0.05, 0) is 54.9 Å². The summed E-state index contributed by atoms with van der Waals surface area (Å²) in [5, 5.41) is 8.38. The van der Waals surface area contributed by atoms with E-state index in [-0.39, 0.29) is 5.91 Å². The molecule has 2 heterocycles. The molecule has 2 aromatic heterocycles. The first-order valence-electron chi connectivity index (χ1n) is 8.51. The molecule has 0 bridgehead atoms. The number of carbonyl (C=O) groups is 1. The van der Waals surface area contributed by atoms with Gasteiger partial charge in [-0.2, -0.15) is 0 Å². The topological polar surface area (TPSA) is 80.7 Å². The molecule has 1 aromatic carbocycles. The van der Waals surface area contributed by atoms with E-state index in [1.165, 1.54) is 0 Å². The predicted molar refractivity (Wildman–Crippen MR) is 116 cm³/mol. The van der Waals surface area contributed by atoms with Gasteiger partial charge in [0.05, 0.1) is 23.8 Å². The van der Waals surface area contributed by atoms with Crippen LogP contribution in [0.1, 0.15) is 33.4 Å². The third-order valence-corrected chi connectivity index (χ3v) is 5.74. The standard InChI is InChI=1S/C20H19N5OS2/c1-5-17(27-6-2)14-8-7-12(3)15(9-14)16-10-22-18(11-21-16)23-20(26)19-13(4)24-25-28-19/h5-11H,2H2,1,3-4H3,(H,22,23,26)/b17-5-. The van der Waals surface area contributed by atoms with Crippen LogP contribution in [0.25, 0.3) is 16.2 Å². The van der Waals surface area contributed by atoms with Crippen molar-refractivity contribution in [2.45, 2.75) is 20.8 Å². The molecule has 8 heteroatoms. The maximum atomic E-state index is 12.3. The summed E-state index contributed by atoms with van der Waals surface area (Å²) in [6.07, 6.45) is 5.27. The summed E-state index contributed by atoms with van der Waals surface area (Å²) in [6, 6.07) is 6.24. The fraction of sp³-hybridized carbons (Fsp3) is 0.150. The van der Waals surface area contributed by atoms with Crippen LogP contribution in [-0.2, 0) is 0 Å². The van der Waals surface area contributed by atoms with Crippen molar-refractivity contribution in [1.82, 2.24) is 19.6 Å². The summed E-state index contributed by atoms with van der Waals surface area (Å²) < 4.78 is 3.77. The van der Waals surface area contributed by atoms with Gasteiger partial charge in [0.2, 0.25) is 0 Å². The maximum absolute atomic E-state index is 12.3. The van der Waals surface area contributed by atoms with Crippen LogP contribution < -0.4 is 5.32 Å². The number of carbonyl (C=O) groups excluding carboxylic acids is 1. The third kappa shape index (κ3) is 4.35. The smallest absolute Gasteiger partial charge is 0.270 e. The molecule has 0 aliphatic heterocycles. The Bertz CT molecular complexity index is 1040. The van der Waals surface area contributed by atoms with Crippen LogP contribution in [0.15, 0.2) is 48.7 Å². The van der Waals surface area contributed by atoms with Gasteiger partial charge in [-0.25, -0.2) is 4.98 Å². The number of anilines is 1. The van der Waals surface area contributed by atoms with E-state index >= 15 is 0 Å². The van der Waals surface area contributed by atoms with Crippen LogP contribution in [0.3, 0.4) is 0 Å². The lowest BCUT2D eigenvalue weighted by Gasteiger charge is -2.10. The molecular formula is C20H19N5OS2. The molecule has 0 aliphatic rings. The highest BCUT2D eigenvalue weighted by atomic mass is 32.2. The number of thioether (sulfide) groups is 1. The number of rotatable bonds is 6. The second kappa shape index (κ2) is 8.90. The highest BCUT2D eigenvalue weighted by Gasteiger charge is 2.14. The largest absolute Gasteiger partial charge is 0.304 e. The van der Waals surface area contributed by atoms with Crippen LogP contribution in [0.5, 0.6) is 0 Å². The quantitative estimate of drug-likeness (QED) is 0.610. The van der Waals surface area contributed by atoms with Crippen LogP contribution >= 0.6 is 23.3 Å². The Morgan fingerprint density at radius 3 is 2.68 bits per heavy atom. The molecule has 0 fully saturated rings. The highest BCUT2D eigenvalue weighted by molar-refractivity contribution is 8.10. The first kappa shape index (κ1) is 19.9. The van der Waals surface area contributed by atoms with Crippen molar-refractivity contribution in [2.24, 2.45) is 0 Å². The van der Waals surface area contributed by atoms with Gasteiger partial charge >= 0.3 is 0 Å². The maximum Gasteiger partial charge on any atom is 0.270 e. The molecule has 0 saturated carbocycles. The van der Waals surface area contributed by atoms with Gasteiger partial charge < -0.3 is 5.32 Å². The van der Waals surface area contributed by atoms with Crippen molar-refractivity contribution >= 4 is 39.9 Å². The molecule has 0 radical (unpaired) electrons. The second-order valence-electron chi connectivity index (χ2n) is 5.90. The summed E-state index contributed by atoms with van der Waals surface area (Å²) in [7, 11) is 0. The monoisotopic (exact) mass is 409 g/mol. The molecule has 3 rings (SSSR count). The summed E-state index contributed by atoms with van der Waals surface area (Å²) >= 11 is 2.63. The van der Waals surface area contributed by atoms with E-state index in [4.69, 9.17) is 0 Å². The molecular weight excluding hydrogens is 390 g/mol. The number of benzene rings is 1. The Labute approximate surface area is 172 Å². The van der Waals surface area contributed by atoms with Gasteiger partial charge in [-0.1, -0.05) is 41.0 Å². The number of nitrogens with one attached hydrogen (secondary N) is 1. The number of hydrogen-bond acceptors (Lipinski definition) is 7. The van der Waals surface area contributed by atoms with Crippen molar-refractivity contribution in [3.05, 3.63) is 70.4 Å². The van der Waals surface area contributed by atoms with Crippen molar-refractivity contribution in [3.8, 4) is 11.3 Å². The van der Waals surface area contributed by atoms with Gasteiger partial charge in [-0.3, -0.25) is 9.78 Å². The molecule has 0 unspecified atom stereocenters. The molecule has 0 saturated heterocycles. The lowest BCUT2D eigenvalue weighted by atomic mass is 10.0. The summed E-state index contributed by atoms with van der Waals surface area (Å²) in [5.41, 5.74) is 4.53. The Morgan fingerprint density at radius 1 is 1.25 bits per heavy atom. The average Bonchev–Trinajstić information content (AvgIpc) is 3.13. The van der Waals surface area contributed by atoms with Crippen LogP contribution in [-0.4, -0.2) is 25.5 Å². The number of amides is 1. The number of aromatic nitrogens is 4. The second-order valence-corrected chi connectivity index (χ2v) is 7.66. The zero-order valence-corrected chi connectivity index (χ0v) is 17.4. The van der Waals surface area contributed by atoms with Crippen LogP contribution in [0, 0.1) is 13.8 Å². The highest BCUT2D eigenvalue weighted by Crippen LogP contribution is 2.32. The minimum Gasteiger partial charge on any atom is -0.304 e. The lowest BCUT2D eigenvalue weighted by molar-refractivity contribution is 0.102. The molecule has 1 amide bonds. The van der Waals surface area contributed by atoms with E-state index < -0.39 is 0 Å². The van der Waals surface area contributed by atoms with Gasteiger partial charge in [0, 0.05) is 10.5 Å². The molecule has 0 spiro atoms. The van der Waals surface area contributed by atoms with E-state index in [2.05, 4.69) is 55.7 Å². The Morgan fingerprint density at radius 2 is 2.07 bits per heavy atom. The van der Waals surface area contributed by atoms with Crippen molar-refractivity contribution in [3.63, 3.8) is 0 Å². The molecule has 0 atom stereocenters. The Kier molecular flexibility index (Phi) is 6.33. The molecule has 3 aromatic rings. The van der Waals surface area contributed by atoms with Gasteiger partial charge in [0.15, 0.2) is 5.82 Å².